The third kappa shape index (κ3) is 7.62. The Kier molecular flexibility index (Phi) is 9.83. The van der Waals surface area contributed by atoms with Crippen LogP contribution in [0.1, 0.15) is 45.7 Å². The molecule has 8 aromatic carbocycles. The molecule has 0 saturated heterocycles. The molecule has 3 heterocycles. The Labute approximate surface area is 365 Å². The summed E-state index contributed by atoms with van der Waals surface area (Å²) in [6.45, 7) is 0. The number of imidazole rings is 1. The molecule has 0 fully saturated rings. The van der Waals surface area contributed by atoms with Gasteiger partial charge >= 0.3 is 0 Å². The number of para-hydroxylation sites is 3. The number of amidine groups is 4. The van der Waals surface area contributed by atoms with E-state index < -0.39 is 6.17 Å². The van der Waals surface area contributed by atoms with Gasteiger partial charge in [-0.15, -0.1) is 0 Å². The molecule has 2 aliphatic rings. The number of aromatic nitrogens is 2. The third-order valence-corrected chi connectivity index (χ3v) is 11.3. The molecule has 0 saturated carbocycles. The Morgan fingerprint density at radius 1 is 0.365 bits per heavy atom. The Morgan fingerprint density at radius 2 is 0.841 bits per heavy atom. The molecule has 8 nitrogen and oxygen atoms in total. The maximum Gasteiger partial charge on any atom is 0.159 e. The summed E-state index contributed by atoms with van der Waals surface area (Å²) >= 11 is 0. The molecular formula is C55H40N8. The van der Waals surface area contributed by atoms with E-state index in [0.717, 1.165) is 84.3 Å². The molecule has 0 spiro atoms. The second kappa shape index (κ2) is 16.5. The van der Waals surface area contributed by atoms with Crippen molar-refractivity contribution in [2.45, 2.75) is 12.3 Å². The first kappa shape index (κ1) is 37.5. The number of nitrogens with zero attached hydrogens (tertiary/aromatic N) is 6. The van der Waals surface area contributed by atoms with Crippen LogP contribution in [-0.2, 0) is 0 Å². The molecule has 2 aliphatic heterocycles. The quantitative estimate of drug-likeness (QED) is 0.152. The molecule has 1 aromatic heterocycles. The summed E-state index contributed by atoms with van der Waals surface area (Å²) in [5, 5.41) is 7.32. The molecule has 2 atom stereocenters. The van der Waals surface area contributed by atoms with Crippen molar-refractivity contribution in [3.05, 3.63) is 252 Å². The van der Waals surface area contributed by atoms with Gasteiger partial charge < -0.3 is 10.6 Å². The van der Waals surface area contributed by atoms with E-state index in [1.807, 2.05) is 84.9 Å². The van der Waals surface area contributed by atoms with E-state index in [2.05, 4.69) is 149 Å². The van der Waals surface area contributed by atoms with Crippen LogP contribution in [0, 0.1) is 0 Å². The smallest absolute Gasteiger partial charge is 0.159 e. The summed E-state index contributed by atoms with van der Waals surface area (Å²) in [6.07, 6.45) is -0.843. The first-order chi connectivity index (χ1) is 31.2. The summed E-state index contributed by atoms with van der Waals surface area (Å²) in [4.78, 5) is 26.1. The average molecular weight is 813 g/mol. The Balaban J connectivity index is 1.10. The third-order valence-electron chi connectivity index (χ3n) is 11.3. The van der Waals surface area contributed by atoms with Crippen LogP contribution in [-0.4, -0.2) is 32.9 Å². The molecule has 9 aromatic rings. The fourth-order valence-corrected chi connectivity index (χ4v) is 8.21. The molecule has 0 radical (unpaired) electrons. The predicted molar refractivity (Wildman–Crippen MR) is 256 cm³/mol. The van der Waals surface area contributed by atoms with Gasteiger partial charge in [0, 0.05) is 33.5 Å². The maximum atomic E-state index is 5.30. The molecule has 2 unspecified atom stereocenters. The van der Waals surface area contributed by atoms with Crippen LogP contribution in [0.4, 0.5) is 0 Å². The van der Waals surface area contributed by atoms with Crippen molar-refractivity contribution >= 4 is 34.4 Å². The number of hydrogen-bond donors (Lipinski definition) is 2. The van der Waals surface area contributed by atoms with Crippen LogP contribution >= 0.6 is 0 Å². The fourth-order valence-electron chi connectivity index (χ4n) is 8.21. The van der Waals surface area contributed by atoms with Gasteiger partial charge in [0.05, 0.1) is 11.0 Å². The zero-order valence-corrected chi connectivity index (χ0v) is 34.1. The van der Waals surface area contributed by atoms with E-state index >= 15 is 0 Å². The minimum absolute atomic E-state index is 0.359. The highest BCUT2D eigenvalue weighted by atomic mass is 15.2. The molecular weight excluding hydrogens is 773 g/mol. The summed E-state index contributed by atoms with van der Waals surface area (Å²) in [6, 6.07) is 74.8. The molecule has 0 bridgehead atoms. The van der Waals surface area contributed by atoms with Gasteiger partial charge in [0.15, 0.2) is 11.7 Å². The van der Waals surface area contributed by atoms with Crippen LogP contribution < -0.4 is 10.6 Å². The van der Waals surface area contributed by atoms with Gasteiger partial charge in [-0.3, -0.25) is 4.57 Å². The van der Waals surface area contributed by atoms with Crippen molar-refractivity contribution in [1.29, 1.82) is 0 Å². The van der Waals surface area contributed by atoms with Crippen LogP contribution in [0.25, 0.3) is 39.2 Å². The van der Waals surface area contributed by atoms with Crippen molar-refractivity contribution in [1.82, 2.24) is 20.2 Å². The van der Waals surface area contributed by atoms with Crippen molar-refractivity contribution in [2.75, 3.05) is 0 Å². The topological polar surface area (TPSA) is 91.3 Å². The van der Waals surface area contributed by atoms with Crippen LogP contribution in [0.5, 0.6) is 0 Å². The predicted octanol–water partition coefficient (Wildman–Crippen LogP) is 11.4. The fraction of sp³-hybridized carbons (Fsp3) is 0.0364. The molecule has 0 aliphatic carbocycles. The highest BCUT2D eigenvalue weighted by molar-refractivity contribution is 6.14. The standard InChI is InChI=1S/C55H40N8/c1-6-19-37(20-7-1)49-57-50(38-21-8-2-9-22-38)60-53(59-49)44-34-43(35-45(36-44)54-61-51(39-23-10-3-11-24-39)58-52(62-54)40-25-12-4-13-26-40)41-27-18-28-42(33-41)55-56-47-31-16-17-32-48(47)63(55)46-29-14-5-15-30-46/h1-36,49,54H,(H,57,59,60)(H,58,61,62). The minimum Gasteiger partial charge on any atom is -0.344 e. The number of benzene rings is 8. The average Bonchev–Trinajstić information content (AvgIpc) is 3.77. The zero-order chi connectivity index (χ0) is 42.0. The van der Waals surface area contributed by atoms with Crippen LogP contribution in [0.15, 0.2) is 238 Å². The maximum absolute atomic E-state index is 5.30. The van der Waals surface area contributed by atoms with E-state index in [1.54, 1.807) is 0 Å². The van der Waals surface area contributed by atoms with Gasteiger partial charge in [0.2, 0.25) is 0 Å². The summed E-state index contributed by atoms with van der Waals surface area (Å²) < 4.78 is 2.24. The molecule has 63 heavy (non-hydrogen) atoms. The normalized spacial score (nSPS) is 15.9. The number of rotatable bonds is 9. The highest BCUT2D eigenvalue weighted by Crippen LogP contribution is 2.34. The van der Waals surface area contributed by atoms with Gasteiger partial charge in [-0.25, -0.2) is 25.0 Å². The van der Waals surface area contributed by atoms with Gasteiger partial charge in [0.25, 0.3) is 0 Å². The second-order valence-corrected chi connectivity index (χ2v) is 15.4. The SMILES string of the molecule is c1ccc(C2=NC(c3cc(C4=NC(c5ccccc5)NC(c5ccccc5)=N4)cc(-c4cccc(-c5nc6ccccc6n5-c5ccccc5)c4)c3)NC(c3ccccc3)=N2)cc1. The van der Waals surface area contributed by atoms with Crippen LogP contribution in [0.2, 0.25) is 0 Å². The Hall–Kier alpha value is -8.49. The van der Waals surface area contributed by atoms with Crippen molar-refractivity contribution in [3.8, 4) is 28.2 Å². The second-order valence-electron chi connectivity index (χ2n) is 15.4. The monoisotopic (exact) mass is 812 g/mol. The van der Waals surface area contributed by atoms with Crippen molar-refractivity contribution in [2.24, 2.45) is 20.0 Å². The minimum atomic E-state index is -0.484. The van der Waals surface area contributed by atoms with Gasteiger partial charge in [-0.05, 0) is 70.8 Å². The van der Waals surface area contributed by atoms with Crippen molar-refractivity contribution < 1.29 is 0 Å². The van der Waals surface area contributed by atoms with E-state index in [-0.39, 0.29) is 6.17 Å². The lowest BCUT2D eigenvalue weighted by Crippen LogP contribution is -2.34. The summed E-state index contributed by atoms with van der Waals surface area (Å²) in [5.74, 6) is 3.63. The van der Waals surface area contributed by atoms with Crippen molar-refractivity contribution in [3.63, 3.8) is 0 Å². The molecule has 2 N–H and O–H groups in total. The highest BCUT2D eigenvalue weighted by Gasteiger charge is 2.26. The Bertz CT molecular complexity index is 3210. The number of hydrogen-bond acceptors (Lipinski definition) is 7. The van der Waals surface area contributed by atoms with Gasteiger partial charge in [-0.1, -0.05) is 170 Å². The lowest BCUT2D eigenvalue weighted by atomic mass is 9.96. The summed E-state index contributed by atoms with van der Waals surface area (Å²) in [5.41, 5.74) is 11.8. The van der Waals surface area contributed by atoms with E-state index in [4.69, 9.17) is 25.0 Å². The Morgan fingerprint density at radius 3 is 1.49 bits per heavy atom. The number of fused-ring (bicyclic) bond motifs is 1. The first-order valence-electron chi connectivity index (χ1n) is 21.1. The van der Waals surface area contributed by atoms with Crippen LogP contribution in [0.3, 0.4) is 0 Å². The van der Waals surface area contributed by atoms with Gasteiger partial charge in [0.1, 0.15) is 29.8 Å². The molecule has 300 valence electrons. The van der Waals surface area contributed by atoms with E-state index in [9.17, 15) is 0 Å². The van der Waals surface area contributed by atoms with Gasteiger partial charge in [-0.2, -0.15) is 0 Å². The first-order valence-corrected chi connectivity index (χ1v) is 21.1. The lowest BCUT2D eigenvalue weighted by Gasteiger charge is -2.26. The zero-order valence-electron chi connectivity index (χ0n) is 34.1. The van der Waals surface area contributed by atoms with E-state index in [0.29, 0.717) is 11.7 Å². The van der Waals surface area contributed by atoms with E-state index in [1.165, 1.54) is 0 Å². The molecule has 0 amide bonds. The summed E-state index contributed by atoms with van der Waals surface area (Å²) in [7, 11) is 0. The number of aliphatic imine (C=N–C) groups is 4. The molecule has 8 heteroatoms. The molecule has 11 rings (SSSR count). The number of nitrogens with one attached hydrogen (secondary N) is 2. The lowest BCUT2D eigenvalue weighted by molar-refractivity contribution is 0.671. The largest absolute Gasteiger partial charge is 0.344 e.